The Labute approximate surface area is 158 Å². The van der Waals surface area contributed by atoms with Gasteiger partial charge in [-0.2, -0.15) is 4.31 Å². The molecule has 0 saturated carbocycles. The van der Waals surface area contributed by atoms with E-state index in [9.17, 15) is 22.0 Å². The number of likely N-dealkylation sites (N-methyl/N-ethyl adjacent to an activating group) is 1. The molecule has 3 rings (SSSR count). The molecule has 1 heterocycles. The minimum Gasteiger partial charge on any atom is -0.395 e. The van der Waals surface area contributed by atoms with Crippen molar-refractivity contribution in [2.75, 3.05) is 18.9 Å². The Bertz CT molecular complexity index is 983. The van der Waals surface area contributed by atoms with Crippen LogP contribution in [0.1, 0.15) is 0 Å². The summed E-state index contributed by atoms with van der Waals surface area (Å²) >= 11 is 5.74. The lowest BCUT2D eigenvalue weighted by molar-refractivity contribution is -0.286. The Hall–Kier alpha value is -2.43. The quantitative estimate of drug-likeness (QED) is 0.807. The van der Waals surface area contributed by atoms with Gasteiger partial charge < -0.3 is 14.8 Å². The largest absolute Gasteiger partial charge is 0.586 e. The van der Waals surface area contributed by atoms with Gasteiger partial charge in [-0.15, -0.1) is 8.78 Å². The predicted molar refractivity (Wildman–Crippen MR) is 92.5 cm³/mol. The smallest absolute Gasteiger partial charge is 0.395 e. The normalized spacial score (nSPS) is 15.0. The predicted octanol–water partition coefficient (Wildman–Crippen LogP) is 2.92. The van der Waals surface area contributed by atoms with Crippen molar-refractivity contribution in [3.05, 3.63) is 47.5 Å². The first-order valence-corrected chi connectivity index (χ1v) is 9.30. The number of ether oxygens (including phenoxy) is 2. The second-order valence-corrected chi connectivity index (χ2v) is 8.07. The number of nitrogens with zero attached hydrogens (tertiary/aromatic N) is 1. The van der Waals surface area contributed by atoms with E-state index in [4.69, 9.17) is 11.6 Å². The Morgan fingerprint density at radius 2 is 1.78 bits per heavy atom. The van der Waals surface area contributed by atoms with Crippen LogP contribution in [-0.2, 0) is 14.8 Å². The van der Waals surface area contributed by atoms with Gasteiger partial charge >= 0.3 is 6.29 Å². The third-order valence-corrected chi connectivity index (χ3v) is 5.64. The van der Waals surface area contributed by atoms with E-state index in [2.05, 4.69) is 14.8 Å². The molecule has 0 saturated heterocycles. The number of anilines is 1. The highest BCUT2D eigenvalue weighted by Crippen LogP contribution is 2.42. The van der Waals surface area contributed by atoms with Crippen molar-refractivity contribution in [1.82, 2.24) is 4.31 Å². The fraction of sp³-hybridized carbons (Fsp3) is 0.188. The highest BCUT2D eigenvalue weighted by atomic mass is 35.5. The van der Waals surface area contributed by atoms with Gasteiger partial charge in [0.2, 0.25) is 15.9 Å². The minimum absolute atomic E-state index is 0.0208. The van der Waals surface area contributed by atoms with Gasteiger partial charge in [-0.1, -0.05) is 11.6 Å². The summed E-state index contributed by atoms with van der Waals surface area (Å²) in [5, 5.41) is 2.79. The van der Waals surface area contributed by atoms with E-state index in [1.807, 2.05) is 0 Å². The highest BCUT2D eigenvalue weighted by Gasteiger charge is 2.43. The van der Waals surface area contributed by atoms with Crippen molar-refractivity contribution >= 4 is 33.2 Å². The molecule has 0 radical (unpaired) electrons. The molecule has 0 aliphatic carbocycles. The van der Waals surface area contributed by atoms with Crippen LogP contribution in [0.25, 0.3) is 0 Å². The van der Waals surface area contributed by atoms with E-state index in [1.165, 1.54) is 43.4 Å². The summed E-state index contributed by atoms with van der Waals surface area (Å²) in [5.41, 5.74) is 0.150. The van der Waals surface area contributed by atoms with Crippen LogP contribution in [0.2, 0.25) is 5.02 Å². The molecule has 0 aromatic heterocycles. The number of rotatable bonds is 5. The Morgan fingerprint density at radius 3 is 2.44 bits per heavy atom. The molecule has 0 unspecified atom stereocenters. The van der Waals surface area contributed by atoms with Gasteiger partial charge in [0.15, 0.2) is 11.5 Å². The first-order chi connectivity index (χ1) is 12.6. The van der Waals surface area contributed by atoms with Gasteiger partial charge in [-0.3, -0.25) is 4.79 Å². The van der Waals surface area contributed by atoms with E-state index in [0.29, 0.717) is 5.02 Å². The molecule has 0 spiro atoms. The van der Waals surface area contributed by atoms with Gasteiger partial charge in [0.1, 0.15) is 0 Å². The number of fused-ring (bicyclic) bond motifs is 1. The van der Waals surface area contributed by atoms with Crippen molar-refractivity contribution in [1.29, 1.82) is 0 Å². The number of halogens is 3. The molecular formula is C16H13ClF2N2O5S. The molecular weight excluding hydrogens is 406 g/mol. The zero-order valence-corrected chi connectivity index (χ0v) is 15.4. The molecule has 0 fully saturated rings. The van der Waals surface area contributed by atoms with Crippen LogP contribution in [0.15, 0.2) is 47.4 Å². The summed E-state index contributed by atoms with van der Waals surface area (Å²) in [6.45, 7) is -0.491. The summed E-state index contributed by atoms with van der Waals surface area (Å²) in [6, 6.07) is 9.18. The summed E-state index contributed by atoms with van der Waals surface area (Å²) in [5.74, 6) is -1.07. The lowest BCUT2D eigenvalue weighted by Gasteiger charge is -2.17. The van der Waals surface area contributed by atoms with Crippen molar-refractivity contribution in [3.63, 3.8) is 0 Å². The average Bonchev–Trinajstić information content (AvgIpc) is 2.88. The lowest BCUT2D eigenvalue weighted by atomic mass is 10.3. The van der Waals surface area contributed by atoms with Crippen molar-refractivity contribution in [2.24, 2.45) is 0 Å². The Kier molecular flexibility index (Phi) is 4.98. The third-order valence-electron chi connectivity index (χ3n) is 3.57. The fourth-order valence-corrected chi connectivity index (χ4v) is 3.55. The van der Waals surface area contributed by atoms with Gasteiger partial charge in [-0.25, -0.2) is 8.42 Å². The van der Waals surface area contributed by atoms with E-state index < -0.39 is 28.8 Å². The number of hydrogen-bond donors (Lipinski definition) is 1. The van der Waals surface area contributed by atoms with E-state index in [1.54, 1.807) is 0 Å². The van der Waals surface area contributed by atoms with E-state index in [0.717, 1.165) is 10.4 Å². The molecule has 27 heavy (non-hydrogen) atoms. The molecule has 0 atom stereocenters. The average molecular weight is 419 g/mol. The zero-order valence-electron chi connectivity index (χ0n) is 13.8. The molecule has 144 valence electrons. The first-order valence-electron chi connectivity index (χ1n) is 7.48. The van der Waals surface area contributed by atoms with Gasteiger partial charge in [-0.05, 0) is 36.4 Å². The van der Waals surface area contributed by atoms with E-state index >= 15 is 0 Å². The lowest BCUT2D eigenvalue weighted by Crippen LogP contribution is -2.34. The van der Waals surface area contributed by atoms with Crippen LogP contribution in [0.3, 0.4) is 0 Å². The van der Waals surface area contributed by atoms with E-state index in [-0.39, 0.29) is 22.1 Å². The topological polar surface area (TPSA) is 84.9 Å². The summed E-state index contributed by atoms with van der Waals surface area (Å²) in [7, 11) is -2.66. The molecule has 7 nitrogen and oxygen atoms in total. The monoisotopic (exact) mass is 418 g/mol. The highest BCUT2D eigenvalue weighted by molar-refractivity contribution is 7.89. The molecule has 11 heteroatoms. The molecule has 2 aromatic rings. The zero-order chi connectivity index (χ0) is 19.8. The van der Waals surface area contributed by atoms with Crippen LogP contribution in [0, 0.1) is 0 Å². The van der Waals surface area contributed by atoms with Gasteiger partial charge in [0.05, 0.1) is 11.4 Å². The maximum Gasteiger partial charge on any atom is 0.586 e. The number of alkyl halides is 2. The number of carbonyl (C=O) groups is 1. The molecule has 1 aliphatic rings. The van der Waals surface area contributed by atoms with Gasteiger partial charge in [0, 0.05) is 23.8 Å². The first kappa shape index (κ1) is 19.3. The standard InChI is InChI=1S/C16H13ClF2N2O5S/c1-21(27(23,24)12-5-2-10(17)3-6-12)9-15(22)20-11-4-7-13-14(8-11)26-16(18,19)25-13/h2-8H,9H2,1H3,(H,20,22). The Balaban J connectivity index is 1.67. The molecule has 2 aromatic carbocycles. The SMILES string of the molecule is CN(CC(=O)Nc1ccc2c(c1)OC(F)(F)O2)S(=O)(=O)c1ccc(Cl)cc1. The third kappa shape index (κ3) is 4.29. The summed E-state index contributed by atoms with van der Waals surface area (Å²) in [6.07, 6.45) is -3.77. The number of hydrogen-bond acceptors (Lipinski definition) is 5. The number of carbonyl (C=O) groups excluding carboxylic acids is 1. The molecule has 1 aliphatic heterocycles. The molecule has 0 bridgehead atoms. The fourth-order valence-electron chi connectivity index (χ4n) is 2.30. The maximum absolute atomic E-state index is 13.0. The van der Waals surface area contributed by atoms with Crippen molar-refractivity contribution < 1.29 is 31.5 Å². The Morgan fingerprint density at radius 1 is 1.15 bits per heavy atom. The second-order valence-electron chi connectivity index (χ2n) is 5.59. The van der Waals surface area contributed by atoms with Crippen LogP contribution >= 0.6 is 11.6 Å². The maximum atomic E-state index is 13.0. The summed E-state index contributed by atoms with van der Waals surface area (Å²) < 4.78 is 60.3. The van der Waals surface area contributed by atoms with Crippen LogP contribution < -0.4 is 14.8 Å². The van der Waals surface area contributed by atoms with Gasteiger partial charge in [0.25, 0.3) is 0 Å². The number of benzene rings is 2. The van der Waals surface area contributed by atoms with Crippen LogP contribution in [0.5, 0.6) is 11.5 Å². The van der Waals surface area contributed by atoms with Crippen LogP contribution in [0.4, 0.5) is 14.5 Å². The van der Waals surface area contributed by atoms with Crippen molar-refractivity contribution in [3.8, 4) is 11.5 Å². The number of nitrogens with one attached hydrogen (secondary N) is 1. The summed E-state index contributed by atoms with van der Waals surface area (Å²) in [4.78, 5) is 12.1. The minimum atomic E-state index is -3.90. The molecule has 1 amide bonds. The molecule has 1 N–H and O–H groups in total. The van der Waals surface area contributed by atoms with Crippen molar-refractivity contribution in [2.45, 2.75) is 11.2 Å². The van der Waals surface area contributed by atoms with Crippen LogP contribution in [-0.4, -0.2) is 38.5 Å². The second kappa shape index (κ2) is 6.95. The number of amides is 1. The number of sulfonamides is 1.